The first kappa shape index (κ1) is 15.4. The third kappa shape index (κ3) is 3.44. The molecule has 1 aromatic heterocycles. The monoisotopic (exact) mass is 336 g/mol. The van der Waals surface area contributed by atoms with Gasteiger partial charge in [-0.2, -0.15) is 9.67 Å². The van der Waals surface area contributed by atoms with E-state index in [9.17, 15) is 4.79 Å². The summed E-state index contributed by atoms with van der Waals surface area (Å²) in [7, 11) is 0. The molecule has 7 heteroatoms. The molecule has 1 saturated carbocycles. The van der Waals surface area contributed by atoms with E-state index in [0.29, 0.717) is 15.9 Å². The number of nitrogens with zero attached hydrogens (tertiary/aromatic N) is 3. The number of aromatic nitrogens is 3. The van der Waals surface area contributed by atoms with Crippen molar-refractivity contribution in [3.05, 3.63) is 34.9 Å². The highest BCUT2D eigenvalue weighted by molar-refractivity contribution is 7.98. The van der Waals surface area contributed by atoms with Gasteiger partial charge in [0.25, 0.3) is 5.91 Å². The van der Waals surface area contributed by atoms with Crippen molar-refractivity contribution in [3.63, 3.8) is 0 Å². The molecule has 0 bridgehead atoms. The molecule has 2 aromatic rings. The minimum atomic E-state index is -0.0270. The van der Waals surface area contributed by atoms with Crippen LogP contribution in [-0.4, -0.2) is 20.7 Å². The Hall–Kier alpha value is -1.53. The first-order chi connectivity index (χ1) is 10.6. The molecule has 1 aliphatic carbocycles. The first-order valence-corrected chi connectivity index (χ1v) is 8.64. The fraction of sp³-hybridized carbons (Fsp3) is 0.400. The van der Waals surface area contributed by atoms with E-state index < -0.39 is 0 Å². The van der Waals surface area contributed by atoms with Gasteiger partial charge >= 0.3 is 0 Å². The second-order valence-corrected chi connectivity index (χ2v) is 6.78. The van der Waals surface area contributed by atoms with Crippen molar-refractivity contribution in [3.8, 4) is 0 Å². The van der Waals surface area contributed by atoms with Crippen molar-refractivity contribution in [2.45, 2.75) is 36.6 Å². The zero-order chi connectivity index (χ0) is 15.5. The number of nitrogen functional groups attached to an aromatic ring is 1. The van der Waals surface area contributed by atoms with Crippen LogP contribution >= 0.6 is 23.4 Å². The lowest BCUT2D eigenvalue weighted by Gasteiger charge is -2.07. The number of carbonyl (C=O) groups is 1. The largest absolute Gasteiger partial charge is 0.368 e. The average molecular weight is 337 g/mol. The topological polar surface area (TPSA) is 73.8 Å². The van der Waals surface area contributed by atoms with Crippen LogP contribution in [0.25, 0.3) is 0 Å². The van der Waals surface area contributed by atoms with Gasteiger partial charge < -0.3 is 5.73 Å². The van der Waals surface area contributed by atoms with E-state index >= 15 is 0 Å². The summed E-state index contributed by atoms with van der Waals surface area (Å²) in [6.45, 7) is 0. The van der Waals surface area contributed by atoms with Crippen LogP contribution in [0.4, 0.5) is 5.95 Å². The predicted molar refractivity (Wildman–Crippen MR) is 88.0 cm³/mol. The van der Waals surface area contributed by atoms with Gasteiger partial charge in [0.2, 0.25) is 11.1 Å². The molecule has 116 valence electrons. The van der Waals surface area contributed by atoms with E-state index in [4.69, 9.17) is 17.3 Å². The summed E-state index contributed by atoms with van der Waals surface area (Å²) in [5.41, 5.74) is 6.95. The van der Waals surface area contributed by atoms with Crippen LogP contribution in [-0.2, 0) is 5.75 Å². The van der Waals surface area contributed by atoms with E-state index in [1.807, 2.05) is 24.3 Å². The van der Waals surface area contributed by atoms with E-state index in [1.165, 1.54) is 16.4 Å². The third-order valence-electron chi connectivity index (χ3n) is 3.81. The molecule has 5 nitrogen and oxygen atoms in total. The third-order valence-corrected chi connectivity index (χ3v) is 4.97. The maximum Gasteiger partial charge on any atom is 0.253 e. The van der Waals surface area contributed by atoms with Crippen molar-refractivity contribution < 1.29 is 4.79 Å². The van der Waals surface area contributed by atoms with Gasteiger partial charge in [-0.25, -0.2) is 0 Å². The van der Waals surface area contributed by atoms with Crippen molar-refractivity contribution in [1.82, 2.24) is 14.8 Å². The number of benzene rings is 1. The Labute approximate surface area is 138 Å². The van der Waals surface area contributed by atoms with Gasteiger partial charge in [-0.3, -0.25) is 4.79 Å². The number of hydrogen-bond donors (Lipinski definition) is 1. The van der Waals surface area contributed by atoms with Crippen molar-refractivity contribution >= 4 is 35.2 Å². The molecular weight excluding hydrogens is 320 g/mol. The Morgan fingerprint density at radius 3 is 2.68 bits per heavy atom. The van der Waals surface area contributed by atoms with Gasteiger partial charge in [-0.1, -0.05) is 48.3 Å². The molecule has 1 fully saturated rings. The van der Waals surface area contributed by atoms with Crippen LogP contribution in [0.1, 0.15) is 36.0 Å². The van der Waals surface area contributed by atoms with Crippen LogP contribution in [0.3, 0.4) is 0 Å². The minimum absolute atomic E-state index is 0.0270. The molecule has 2 N–H and O–H groups in total. The molecule has 0 radical (unpaired) electrons. The Balaban J connectivity index is 1.66. The Morgan fingerprint density at radius 2 is 2.00 bits per heavy atom. The Morgan fingerprint density at radius 1 is 1.32 bits per heavy atom. The lowest BCUT2D eigenvalue weighted by molar-refractivity contribution is 0.0822. The molecule has 0 atom stereocenters. The van der Waals surface area contributed by atoms with Gasteiger partial charge in [0.1, 0.15) is 0 Å². The van der Waals surface area contributed by atoms with Crippen LogP contribution in [0.2, 0.25) is 5.02 Å². The highest BCUT2D eigenvalue weighted by Crippen LogP contribution is 2.27. The van der Waals surface area contributed by atoms with E-state index in [2.05, 4.69) is 10.1 Å². The maximum atomic E-state index is 12.3. The standard InChI is InChI=1S/C15H17ClN4OS/c16-12-7-5-10(6-8-12)9-22-15-18-14(17)20(19-15)13(21)11-3-1-2-4-11/h5-8,11H,1-4,9H2,(H2,17,18,19). The number of nitrogens with two attached hydrogens (primary N) is 1. The molecule has 0 unspecified atom stereocenters. The summed E-state index contributed by atoms with van der Waals surface area (Å²) in [5.74, 6) is 0.896. The van der Waals surface area contributed by atoms with Crippen molar-refractivity contribution in [2.75, 3.05) is 5.73 Å². The molecule has 0 spiro atoms. The zero-order valence-corrected chi connectivity index (χ0v) is 13.6. The Kier molecular flexibility index (Phi) is 4.69. The van der Waals surface area contributed by atoms with Crippen molar-refractivity contribution in [1.29, 1.82) is 0 Å². The average Bonchev–Trinajstić information content (AvgIpc) is 3.16. The summed E-state index contributed by atoms with van der Waals surface area (Å²) in [6.07, 6.45) is 4.04. The number of hydrogen-bond acceptors (Lipinski definition) is 5. The number of carbonyl (C=O) groups excluding carboxylic acids is 1. The highest BCUT2D eigenvalue weighted by Gasteiger charge is 2.26. The second kappa shape index (κ2) is 6.71. The van der Waals surface area contributed by atoms with Crippen molar-refractivity contribution in [2.24, 2.45) is 5.92 Å². The summed E-state index contributed by atoms with van der Waals surface area (Å²) in [4.78, 5) is 16.5. The lowest BCUT2D eigenvalue weighted by Crippen LogP contribution is -2.22. The van der Waals surface area contributed by atoms with E-state index in [-0.39, 0.29) is 17.8 Å². The molecule has 0 saturated heterocycles. The molecule has 3 rings (SSSR count). The molecular formula is C15H17ClN4OS. The normalized spacial score (nSPS) is 15.3. The van der Waals surface area contributed by atoms with Crippen LogP contribution in [0, 0.1) is 5.92 Å². The summed E-state index contributed by atoms with van der Waals surface area (Å²) < 4.78 is 1.26. The van der Waals surface area contributed by atoms with Gasteiger partial charge in [0.15, 0.2) is 0 Å². The van der Waals surface area contributed by atoms with Crippen LogP contribution in [0.5, 0.6) is 0 Å². The fourth-order valence-corrected chi connectivity index (χ4v) is 3.51. The van der Waals surface area contributed by atoms with Gasteiger partial charge in [-0.15, -0.1) is 5.10 Å². The summed E-state index contributed by atoms with van der Waals surface area (Å²) >= 11 is 7.32. The quantitative estimate of drug-likeness (QED) is 0.863. The number of thioether (sulfide) groups is 1. The van der Waals surface area contributed by atoms with Crippen LogP contribution in [0.15, 0.2) is 29.4 Å². The highest BCUT2D eigenvalue weighted by atomic mass is 35.5. The van der Waals surface area contributed by atoms with Gasteiger partial charge in [0.05, 0.1) is 0 Å². The van der Waals surface area contributed by atoms with E-state index in [0.717, 1.165) is 31.2 Å². The Bertz CT molecular complexity index is 665. The molecule has 22 heavy (non-hydrogen) atoms. The lowest BCUT2D eigenvalue weighted by atomic mass is 10.1. The number of rotatable bonds is 4. The first-order valence-electron chi connectivity index (χ1n) is 7.27. The SMILES string of the molecule is Nc1nc(SCc2ccc(Cl)cc2)nn1C(=O)C1CCCC1. The van der Waals surface area contributed by atoms with E-state index in [1.54, 1.807) is 0 Å². The summed E-state index contributed by atoms with van der Waals surface area (Å²) in [6, 6.07) is 7.61. The number of anilines is 1. The van der Waals surface area contributed by atoms with Crippen LogP contribution < -0.4 is 5.73 Å². The molecule has 1 aromatic carbocycles. The van der Waals surface area contributed by atoms with Gasteiger partial charge in [-0.05, 0) is 30.5 Å². The molecule has 1 aliphatic rings. The molecule has 1 heterocycles. The van der Waals surface area contributed by atoms with Gasteiger partial charge in [0, 0.05) is 16.7 Å². The second-order valence-electron chi connectivity index (χ2n) is 5.40. The summed E-state index contributed by atoms with van der Waals surface area (Å²) in [5, 5.41) is 5.49. The number of halogens is 1. The fourth-order valence-electron chi connectivity index (χ4n) is 2.60. The smallest absolute Gasteiger partial charge is 0.253 e. The minimum Gasteiger partial charge on any atom is -0.368 e. The molecule has 0 aliphatic heterocycles. The molecule has 0 amide bonds. The zero-order valence-electron chi connectivity index (χ0n) is 12.0. The maximum absolute atomic E-state index is 12.3. The predicted octanol–water partition coefficient (Wildman–Crippen LogP) is 3.64.